The molecule has 1 unspecified atom stereocenters. The number of benzene rings is 1. The van der Waals surface area contributed by atoms with Crippen LogP contribution in [0.1, 0.15) is 24.2 Å². The van der Waals surface area contributed by atoms with Crippen molar-refractivity contribution in [3.05, 3.63) is 23.8 Å². The SMILES string of the molecule is CC(=O)N1CC(C)NC(=O)c2c(N)cccc21. The van der Waals surface area contributed by atoms with Crippen LogP contribution in [-0.4, -0.2) is 24.4 Å². The molecule has 2 amide bonds. The molecule has 0 spiro atoms. The van der Waals surface area contributed by atoms with Gasteiger partial charge in [-0.15, -0.1) is 0 Å². The number of hydrogen-bond acceptors (Lipinski definition) is 3. The summed E-state index contributed by atoms with van der Waals surface area (Å²) in [7, 11) is 0. The molecule has 0 saturated heterocycles. The van der Waals surface area contributed by atoms with E-state index in [1.165, 1.54) is 6.92 Å². The molecule has 0 saturated carbocycles. The van der Waals surface area contributed by atoms with Gasteiger partial charge in [-0.3, -0.25) is 9.59 Å². The molecule has 0 aromatic heterocycles. The number of fused-ring (bicyclic) bond motifs is 1. The lowest BCUT2D eigenvalue weighted by Crippen LogP contribution is -2.40. The standard InChI is InChI=1S/C12H15N3O2/c1-7-6-15(8(2)16)10-5-3-4-9(13)11(10)12(17)14-7/h3-5,7H,6,13H2,1-2H3,(H,14,17). The van der Waals surface area contributed by atoms with Crippen molar-refractivity contribution in [3.63, 3.8) is 0 Å². The van der Waals surface area contributed by atoms with Gasteiger partial charge in [0.15, 0.2) is 0 Å². The topological polar surface area (TPSA) is 75.4 Å². The van der Waals surface area contributed by atoms with Gasteiger partial charge in [0.1, 0.15) is 0 Å². The molecule has 1 atom stereocenters. The molecule has 3 N–H and O–H groups in total. The minimum atomic E-state index is -0.227. The van der Waals surface area contributed by atoms with E-state index in [4.69, 9.17) is 5.73 Å². The summed E-state index contributed by atoms with van der Waals surface area (Å²) >= 11 is 0. The number of hydrogen-bond donors (Lipinski definition) is 2. The van der Waals surface area contributed by atoms with Crippen LogP contribution in [0.15, 0.2) is 18.2 Å². The van der Waals surface area contributed by atoms with Crippen LogP contribution < -0.4 is 16.0 Å². The highest BCUT2D eigenvalue weighted by atomic mass is 16.2. The molecule has 0 fully saturated rings. The smallest absolute Gasteiger partial charge is 0.255 e. The molecule has 0 aliphatic carbocycles. The van der Waals surface area contributed by atoms with E-state index in [2.05, 4.69) is 5.32 Å². The Morgan fingerprint density at radius 2 is 2.24 bits per heavy atom. The van der Waals surface area contributed by atoms with Gasteiger partial charge < -0.3 is 16.0 Å². The average molecular weight is 233 g/mol. The van der Waals surface area contributed by atoms with Crippen molar-refractivity contribution in [1.82, 2.24) is 5.32 Å². The van der Waals surface area contributed by atoms with Crippen LogP contribution in [0.3, 0.4) is 0 Å². The number of amides is 2. The Morgan fingerprint density at radius 1 is 1.53 bits per heavy atom. The first-order valence-corrected chi connectivity index (χ1v) is 5.48. The Bertz CT molecular complexity index is 485. The van der Waals surface area contributed by atoms with Crippen molar-refractivity contribution in [2.24, 2.45) is 0 Å². The van der Waals surface area contributed by atoms with Crippen molar-refractivity contribution in [3.8, 4) is 0 Å². The van der Waals surface area contributed by atoms with Crippen molar-refractivity contribution in [2.45, 2.75) is 19.9 Å². The molecule has 1 aromatic rings. The summed E-state index contributed by atoms with van der Waals surface area (Å²) in [4.78, 5) is 25.2. The molecule has 1 aliphatic heterocycles. The fraction of sp³-hybridized carbons (Fsp3) is 0.333. The first kappa shape index (κ1) is 11.4. The number of rotatable bonds is 0. The van der Waals surface area contributed by atoms with Gasteiger partial charge in [-0.05, 0) is 19.1 Å². The monoisotopic (exact) mass is 233 g/mol. The van der Waals surface area contributed by atoms with Gasteiger partial charge in [0.05, 0.1) is 11.3 Å². The minimum Gasteiger partial charge on any atom is -0.398 e. The first-order chi connectivity index (χ1) is 8.00. The van der Waals surface area contributed by atoms with Crippen molar-refractivity contribution < 1.29 is 9.59 Å². The number of nitrogen functional groups attached to an aromatic ring is 1. The summed E-state index contributed by atoms with van der Waals surface area (Å²) in [6.45, 7) is 3.79. The molecule has 1 aliphatic rings. The highest BCUT2D eigenvalue weighted by Gasteiger charge is 2.27. The van der Waals surface area contributed by atoms with Crippen LogP contribution in [0.4, 0.5) is 11.4 Å². The van der Waals surface area contributed by atoms with Gasteiger partial charge in [-0.2, -0.15) is 0 Å². The van der Waals surface area contributed by atoms with E-state index < -0.39 is 0 Å². The van der Waals surface area contributed by atoms with Crippen LogP contribution in [-0.2, 0) is 4.79 Å². The van der Waals surface area contributed by atoms with E-state index in [-0.39, 0.29) is 17.9 Å². The summed E-state index contributed by atoms with van der Waals surface area (Å²) in [6.07, 6.45) is 0. The minimum absolute atomic E-state index is 0.0970. The van der Waals surface area contributed by atoms with Crippen molar-refractivity contribution in [2.75, 3.05) is 17.2 Å². The van der Waals surface area contributed by atoms with Gasteiger partial charge in [0.25, 0.3) is 5.91 Å². The maximum Gasteiger partial charge on any atom is 0.255 e. The third-order valence-electron chi connectivity index (χ3n) is 2.81. The Labute approximate surface area is 99.6 Å². The molecule has 2 rings (SSSR count). The van der Waals surface area contributed by atoms with Crippen LogP contribution in [0.5, 0.6) is 0 Å². The zero-order valence-electron chi connectivity index (χ0n) is 9.86. The van der Waals surface area contributed by atoms with Crippen LogP contribution in [0.2, 0.25) is 0 Å². The maximum absolute atomic E-state index is 12.0. The highest BCUT2D eigenvalue weighted by Crippen LogP contribution is 2.28. The Hall–Kier alpha value is -2.04. The second-order valence-electron chi connectivity index (χ2n) is 4.25. The third kappa shape index (κ3) is 1.95. The summed E-state index contributed by atoms with van der Waals surface area (Å²) in [5.74, 6) is -0.324. The molecule has 0 bridgehead atoms. The first-order valence-electron chi connectivity index (χ1n) is 5.48. The Morgan fingerprint density at radius 3 is 2.88 bits per heavy atom. The normalized spacial score (nSPS) is 19.3. The predicted molar refractivity (Wildman–Crippen MR) is 65.8 cm³/mol. The predicted octanol–water partition coefficient (Wildman–Crippen LogP) is 0.754. The van der Waals surface area contributed by atoms with Crippen LogP contribution in [0, 0.1) is 0 Å². The summed E-state index contributed by atoms with van der Waals surface area (Å²) < 4.78 is 0. The lowest BCUT2D eigenvalue weighted by molar-refractivity contribution is -0.116. The molecular formula is C12H15N3O2. The zero-order chi connectivity index (χ0) is 12.6. The second kappa shape index (κ2) is 4.08. The maximum atomic E-state index is 12.0. The van der Waals surface area contributed by atoms with Crippen molar-refractivity contribution >= 4 is 23.2 Å². The molecule has 1 aromatic carbocycles. The Balaban J connectivity index is 2.61. The third-order valence-corrected chi connectivity index (χ3v) is 2.81. The largest absolute Gasteiger partial charge is 0.398 e. The number of nitrogens with two attached hydrogens (primary N) is 1. The van der Waals surface area contributed by atoms with E-state index in [9.17, 15) is 9.59 Å². The second-order valence-corrected chi connectivity index (χ2v) is 4.25. The molecule has 90 valence electrons. The van der Waals surface area contributed by atoms with Gasteiger partial charge in [-0.1, -0.05) is 6.07 Å². The number of nitrogens with one attached hydrogen (secondary N) is 1. The fourth-order valence-corrected chi connectivity index (χ4v) is 2.04. The number of carbonyl (C=O) groups is 2. The van der Waals surface area contributed by atoms with Crippen LogP contribution in [0.25, 0.3) is 0 Å². The number of nitrogens with zero attached hydrogens (tertiary/aromatic N) is 1. The lowest BCUT2D eigenvalue weighted by Gasteiger charge is -2.22. The van der Waals surface area contributed by atoms with E-state index in [1.807, 2.05) is 6.92 Å². The zero-order valence-corrected chi connectivity index (χ0v) is 9.86. The molecule has 5 heteroatoms. The summed E-state index contributed by atoms with van der Waals surface area (Å²) in [5, 5.41) is 2.81. The van der Waals surface area contributed by atoms with Gasteiger partial charge in [-0.25, -0.2) is 0 Å². The Kier molecular flexibility index (Phi) is 2.75. The summed E-state index contributed by atoms with van der Waals surface area (Å²) in [5.41, 5.74) is 7.16. The quantitative estimate of drug-likeness (QED) is 0.649. The summed E-state index contributed by atoms with van der Waals surface area (Å²) in [6, 6.07) is 5.04. The van der Waals surface area contributed by atoms with E-state index >= 15 is 0 Å². The number of anilines is 2. The molecule has 0 radical (unpaired) electrons. The van der Waals surface area contributed by atoms with E-state index in [1.54, 1.807) is 23.1 Å². The molecule has 5 nitrogen and oxygen atoms in total. The molecular weight excluding hydrogens is 218 g/mol. The van der Waals surface area contributed by atoms with E-state index in [0.29, 0.717) is 23.5 Å². The highest BCUT2D eigenvalue weighted by molar-refractivity contribution is 6.09. The fourth-order valence-electron chi connectivity index (χ4n) is 2.04. The number of carbonyl (C=O) groups excluding carboxylic acids is 2. The van der Waals surface area contributed by atoms with Gasteiger partial charge in [0.2, 0.25) is 5.91 Å². The average Bonchev–Trinajstić information content (AvgIpc) is 2.36. The molecule has 17 heavy (non-hydrogen) atoms. The van der Waals surface area contributed by atoms with Gasteiger partial charge in [0, 0.05) is 25.2 Å². The van der Waals surface area contributed by atoms with Crippen molar-refractivity contribution in [1.29, 1.82) is 0 Å². The lowest BCUT2D eigenvalue weighted by atomic mass is 10.1. The van der Waals surface area contributed by atoms with E-state index in [0.717, 1.165) is 0 Å². The van der Waals surface area contributed by atoms with Gasteiger partial charge >= 0.3 is 0 Å². The molecule has 1 heterocycles. The van der Waals surface area contributed by atoms with Crippen LogP contribution >= 0.6 is 0 Å².